The van der Waals surface area contributed by atoms with Crippen LogP contribution in [0.25, 0.3) is 0 Å². The highest BCUT2D eigenvalue weighted by Gasteiger charge is 2.20. The van der Waals surface area contributed by atoms with Crippen LogP contribution in [0.5, 0.6) is 0 Å². The summed E-state index contributed by atoms with van der Waals surface area (Å²) in [5.41, 5.74) is 0. The minimum absolute atomic E-state index is 0.262. The topological polar surface area (TPSA) is 47.4 Å². The Labute approximate surface area is 120 Å². The van der Waals surface area contributed by atoms with Crippen LogP contribution in [0.3, 0.4) is 0 Å². The molecule has 1 fully saturated rings. The van der Waals surface area contributed by atoms with Crippen LogP contribution in [0, 0.1) is 5.92 Å². The fourth-order valence-corrected chi connectivity index (χ4v) is 2.75. The first kappa shape index (κ1) is 15.0. The molecule has 0 bridgehead atoms. The summed E-state index contributed by atoms with van der Waals surface area (Å²) in [6, 6.07) is 0. The molecule has 0 aromatic carbocycles. The number of aryl methyl sites for hydroxylation is 1. The van der Waals surface area contributed by atoms with E-state index in [-0.39, 0.29) is 5.91 Å². The first-order valence-electron chi connectivity index (χ1n) is 7.47. The average molecular weight is 279 g/mol. The molecule has 5 heteroatoms. The number of amides is 1. The van der Waals surface area contributed by atoms with Crippen LogP contribution in [-0.4, -0.2) is 47.2 Å². The Balaban J connectivity index is 1.82. The van der Waals surface area contributed by atoms with Gasteiger partial charge < -0.3 is 14.2 Å². The van der Waals surface area contributed by atoms with Crippen molar-refractivity contribution in [2.75, 3.05) is 26.8 Å². The summed E-state index contributed by atoms with van der Waals surface area (Å²) in [5.74, 6) is 1.87. The molecule has 0 radical (unpaired) electrons. The molecule has 112 valence electrons. The van der Waals surface area contributed by atoms with Crippen LogP contribution in [0.2, 0.25) is 0 Å². The third-order valence-electron chi connectivity index (χ3n) is 3.91. The summed E-state index contributed by atoms with van der Waals surface area (Å²) in [6.45, 7) is 5.51. The Morgan fingerprint density at radius 2 is 2.40 bits per heavy atom. The van der Waals surface area contributed by atoms with Crippen LogP contribution < -0.4 is 0 Å². The van der Waals surface area contributed by atoms with Crippen molar-refractivity contribution in [3.63, 3.8) is 0 Å². The molecule has 0 N–H and O–H groups in total. The predicted octanol–water partition coefficient (Wildman–Crippen LogP) is 1.72. The number of imidazole rings is 1. The number of piperidine rings is 1. The van der Waals surface area contributed by atoms with Crippen LogP contribution in [0.1, 0.15) is 32.0 Å². The lowest BCUT2D eigenvalue weighted by atomic mass is 10.00. The van der Waals surface area contributed by atoms with Gasteiger partial charge in [0.2, 0.25) is 5.91 Å². The van der Waals surface area contributed by atoms with Crippen molar-refractivity contribution in [2.24, 2.45) is 5.92 Å². The fourth-order valence-electron chi connectivity index (χ4n) is 2.75. The van der Waals surface area contributed by atoms with Gasteiger partial charge in [0.25, 0.3) is 0 Å². The van der Waals surface area contributed by atoms with Gasteiger partial charge in [-0.2, -0.15) is 0 Å². The van der Waals surface area contributed by atoms with E-state index in [1.165, 1.54) is 6.42 Å². The number of likely N-dealkylation sites (tertiary alicyclic amines) is 1. The van der Waals surface area contributed by atoms with Crippen molar-refractivity contribution in [1.82, 2.24) is 14.5 Å². The van der Waals surface area contributed by atoms with Gasteiger partial charge in [0.05, 0.1) is 6.61 Å². The monoisotopic (exact) mass is 279 g/mol. The van der Waals surface area contributed by atoms with Crippen molar-refractivity contribution < 1.29 is 9.53 Å². The first-order valence-corrected chi connectivity index (χ1v) is 7.47. The lowest BCUT2D eigenvalue weighted by Gasteiger charge is -2.31. The lowest BCUT2D eigenvalue weighted by molar-refractivity contribution is -0.132. The van der Waals surface area contributed by atoms with Gasteiger partial charge in [-0.1, -0.05) is 6.92 Å². The summed E-state index contributed by atoms with van der Waals surface area (Å²) in [5, 5.41) is 0. The maximum Gasteiger partial charge on any atom is 0.223 e. The van der Waals surface area contributed by atoms with E-state index >= 15 is 0 Å². The second-order valence-corrected chi connectivity index (χ2v) is 5.62. The number of nitrogens with zero attached hydrogens (tertiary/aromatic N) is 3. The van der Waals surface area contributed by atoms with Crippen molar-refractivity contribution in [1.29, 1.82) is 0 Å². The zero-order valence-electron chi connectivity index (χ0n) is 12.5. The zero-order valence-corrected chi connectivity index (χ0v) is 12.5. The lowest BCUT2D eigenvalue weighted by Crippen LogP contribution is -2.39. The van der Waals surface area contributed by atoms with E-state index in [2.05, 4.69) is 16.5 Å². The highest BCUT2D eigenvalue weighted by Crippen LogP contribution is 2.16. The Bertz CT molecular complexity index is 431. The normalized spacial score (nSPS) is 19.3. The zero-order chi connectivity index (χ0) is 14.4. The molecule has 2 rings (SSSR count). The minimum atomic E-state index is 0.262. The first-order chi connectivity index (χ1) is 9.70. The number of carbonyl (C=O) groups is 1. The summed E-state index contributed by atoms with van der Waals surface area (Å²) >= 11 is 0. The SMILES string of the molecule is COCCn1ccnc1CCC(=O)N1CCC[C@H](C)C1. The number of hydrogen-bond acceptors (Lipinski definition) is 3. The fraction of sp³-hybridized carbons (Fsp3) is 0.733. The molecule has 1 aromatic heterocycles. The van der Waals surface area contributed by atoms with Gasteiger partial charge in [0.15, 0.2) is 0 Å². The number of aromatic nitrogens is 2. The smallest absolute Gasteiger partial charge is 0.223 e. The van der Waals surface area contributed by atoms with E-state index in [4.69, 9.17) is 4.74 Å². The molecule has 0 saturated carbocycles. The third kappa shape index (κ3) is 4.07. The van der Waals surface area contributed by atoms with Crippen molar-refractivity contribution >= 4 is 5.91 Å². The van der Waals surface area contributed by atoms with Gasteiger partial charge in [-0.15, -0.1) is 0 Å². The molecule has 1 atom stereocenters. The molecular formula is C15H25N3O2. The molecule has 1 amide bonds. The highest BCUT2D eigenvalue weighted by atomic mass is 16.5. The number of hydrogen-bond donors (Lipinski definition) is 0. The van der Waals surface area contributed by atoms with E-state index in [1.54, 1.807) is 13.3 Å². The molecule has 2 heterocycles. The second-order valence-electron chi connectivity index (χ2n) is 5.62. The van der Waals surface area contributed by atoms with Gasteiger partial charge in [-0.05, 0) is 18.8 Å². The van der Waals surface area contributed by atoms with Gasteiger partial charge in [-0.25, -0.2) is 4.98 Å². The molecule has 0 aliphatic carbocycles. The average Bonchev–Trinajstić information content (AvgIpc) is 2.90. The maximum atomic E-state index is 12.2. The summed E-state index contributed by atoms with van der Waals surface area (Å²) in [6.07, 6.45) is 7.37. The largest absolute Gasteiger partial charge is 0.383 e. The Kier molecular flexibility index (Phi) is 5.59. The van der Waals surface area contributed by atoms with Crippen LogP contribution in [0.4, 0.5) is 0 Å². The van der Waals surface area contributed by atoms with Gasteiger partial charge >= 0.3 is 0 Å². The number of ether oxygens (including phenoxy) is 1. The van der Waals surface area contributed by atoms with Gasteiger partial charge in [0, 0.05) is 52.0 Å². The molecule has 0 spiro atoms. The third-order valence-corrected chi connectivity index (χ3v) is 3.91. The summed E-state index contributed by atoms with van der Waals surface area (Å²) < 4.78 is 7.14. The van der Waals surface area contributed by atoms with E-state index in [0.29, 0.717) is 25.4 Å². The van der Waals surface area contributed by atoms with E-state index in [1.807, 2.05) is 11.1 Å². The van der Waals surface area contributed by atoms with Crippen LogP contribution in [-0.2, 0) is 22.5 Å². The standard InChI is InChI=1S/C15H25N3O2/c1-13-4-3-8-18(12-13)15(19)6-5-14-16-7-9-17(14)10-11-20-2/h7,9,13H,3-6,8,10-12H2,1-2H3/t13-/m0/s1. The van der Waals surface area contributed by atoms with Gasteiger partial charge in [0.1, 0.15) is 5.82 Å². The minimum Gasteiger partial charge on any atom is -0.383 e. The molecule has 0 unspecified atom stereocenters. The van der Waals surface area contributed by atoms with Crippen LogP contribution >= 0.6 is 0 Å². The van der Waals surface area contributed by atoms with Crippen molar-refractivity contribution in [3.05, 3.63) is 18.2 Å². The Hall–Kier alpha value is -1.36. The predicted molar refractivity (Wildman–Crippen MR) is 77.4 cm³/mol. The molecule has 1 aromatic rings. The molecule has 1 saturated heterocycles. The van der Waals surface area contributed by atoms with E-state index in [0.717, 1.165) is 31.9 Å². The highest BCUT2D eigenvalue weighted by molar-refractivity contribution is 5.76. The Morgan fingerprint density at radius 3 is 3.15 bits per heavy atom. The number of rotatable bonds is 6. The quantitative estimate of drug-likeness (QED) is 0.796. The number of methoxy groups -OCH3 is 1. The maximum absolute atomic E-state index is 12.2. The second kappa shape index (κ2) is 7.43. The molecule has 5 nitrogen and oxygen atoms in total. The molecule has 20 heavy (non-hydrogen) atoms. The summed E-state index contributed by atoms with van der Waals surface area (Å²) in [4.78, 5) is 18.6. The van der Waals surface area contributed by atoms with E-state index < -0.39 is 0 Å². The van der Waals surface area contributed by atoms with Crippen molar-refractivity contribution in [2.45, 2.75) is 39.2 Å². The van der Waals surface area contributed by atoms with Gasteiger partial charge in [-0.3, -0.25) is 4.79 Å². The molecule has 1 aliphatic rings. The van der Waals surface area contributed by atoms with E-state index in [9.17, 15) is 4.79 Å². The van der Waals surface area contributed by atoms with Crippen LogP contribution in [0.15, 0.2) is 12.4 Å². The van der Waals surface area contributed by atoms with Crippen molar-refractivity contribution in [3.8, 4) is 0 Å². The Morgan fingerprint density at radius 1 is 1.55 bits per heavy atom. The number of carbonyl (C=O) groups excluding carboxylic acids is 1. The summed E-state index contributed by atoms with van der Waals surface area (Å²) in [7, 11) is 1.69. The molecular weight excluding hydrogens is 254 g/mol. The molecule has 1 aliphatic heterocycles.